The zero-order valence-corrected chi connectivity index (χ0v) is 16.7. The summed E-state index contributed by atoms with van der Waals surface area (Å²) in [7, 11) is 0. The molecule has 0 saturated heterocycles. The summed E-state index contributed by atoms with van der Waals surface area (Å²) in [4.78, 5) is 26.0. The summed E-state index contributed by atoms with van der Waals surface area (Å²) in [5.74, 6) is 0.609. The highest BCUT2D eigenvalue weighted by Gasteiger charge is 2.30. The van der Waals surface area contributed by atoms with Crippen LogP contribution in [0.1, 0.15) is 23.8 Å². The second kappa shape index (κ2) is 8.24. The first-order valence-electron chi connectivity index (χ1n) is 8.42. The van der Waals surface area contributed by atoms with Crippen LogP contribution < -0.4 is 10.6 Å². The molecule has 10 heteroatoms. The molecular weight excluding hydrogens is 402 g/mol. The van der Waals surface area contributed by atoms with Crippen LogP contribution >= 0.6 is 34.4 Å². The van der Waals surface area contributed by atoms with Crippen LogP contribution in [0.5, 0.6) is 0 Å². The molecule has 1 fully saturated rings. The molecule has 7 nitrogen and oxygen atoms in total. The maximum absolute atomic E-state index is 12.1. The van der Waals surface area contributed by atoms with E-state index in [1.165, 1.54) is 11.8 Å². The van der Waals surface area contributed by atoms with Gasteiger partial charge in [0.25, 0.3) is 0 Å². The fraction of sp³-hybridized carbons (Fsp3) is 0.294. The molecule has 1 aliphatic carbocycles. The number of amides is 3. The summed E-state index contributed by atoms with van der Waals surface area (Å²) in [6.45, 7) is 0.407. The zero-order chi connectivity index (χ0) is 18.6. The molecule has 3 aromatic heterocycles. The summed E-state index contributed by atoms with van der Waals surface area (Å²) in [6.07, 6.45) is 2.20. The van der Waals surface area contributed by atoms with E-state index in [0.717, 1.165) is 33.6 Å². The fourth-order valence-corrected chi connectivity index (χ4v) is 4.68. The Bertz CT molecular complexity index is 917. The van der Waals surface area contributed by atoms with E-state index >= 15 is 0 Å². The van der Waals surface area contributed by atoms with E-state index < -0.39 is 6.03 Å². The third-order valence-corrected chi connectivity index (χ3v) is 6.59. The van der Waals surface area contributed by atoms with Crippen molar-refractivity contribution in [1.82, 2.24) is 25.4 Å². The Hall–Kier alpha value is -2.17. The van der Waals surface area contributed by atoms with Gasteiger partial charge in [0.05, 0.1) is 17.2 Å². The van der Waals surface area contributed by atoms with Gasteiger partial charge in [-0.25, -0.2) is 4.79 Å². The van der Waals surface area contributed by atoms with Crippen molar-refractivity contribution in [2.45, 2.75) is 30.6 Å². The molecule has 0 bridgehead atoms. The molecule has 3 aromatic rings. The van der Waals surface area contributed by atoms with Crippen molar-refractivity contribution in [3.8, 4) is 10.7 Å². The van der Waals surface area contributed by atoms with Gasteiger partial charge in [-0.2, -0.15) is 0 Å². The first kappa shape index (κ1) is 18.2. The maximum atomic E-state index is 12.1. The van der Waals surface area contributed by atoms with Gasteiger partial charge in [-0.1, -0.05) is 23.9 Å². The van der Waals surface area contributed by atoms with Crippen LogP contribution in [-0.4, -0.2) is 32.5 Å². The maximum Gasteiger partial charge on any atom is 0.321 e. The molecule has 0 spiro atoms. The third-order valence-electron chi connectivity index (χ3n) is 3.91. The van der Waals surface area contributed by atoms with Crippen LogP contribution in [0.25, 0.3) is 10.7 Å². The zero-order valence-electron chi connectivity index (χ0n) is 14.3. The molecule has 27 heavy (non-hydrogen) atoms. The number of carbonyl (C=O) groups is 2. The van der Waals surface area contributed by atoms with Crippen molar-refractivity contribution >= 4 is 46.4 Å². The Morgan fingerprint density at radius 3 is 2.70 bits per heavy atom. The van der Waals surface area contributed by atoms with E-state index in [2.05, 4.69) is 25.4 Å². The van der Waals surface area contributed by atoms with Crippen LogP contribution in [0.2, 0.25) is 0 Å². The van der Waals surface area contributed by atoms with Gasteiger partial charge in [0, 0.05) is 10.9 Å². The Labute approximate surface area is 168 Å². The highest BCUT2D eigenvalue weighted by molar-refractivity contribution is 7.99. The molecule has 0 unspecified atom stereocenters. The second-order valence-electron chi connectivity index (χ2n) is 5.98. The number of carbonyl (C=O) groups excluding carboxylic acids is 2. The normalized spacial score (nSPS) is 13.5. The number of aromatic nitrogens is 3. The standard InChI is InChI=1S/C17H17N5O2S3/c23-14(19-16(24)18-9-12-3-1-7-25-12)10-27-17-21-20-15(13-4-2-8-26-13)22(17)11-5-6-11/h1-4,7-8,11H,5-6,9-10H2,(H2,18,19,23,24). The van der Waals surface area contributed by atoms with Crippen LogP contribution in [-0.2, 0) is 11.3 Å². The van der Waals surface area contributed by atoms with Crippen LogP contribution in [0, 0.1) is 0 Å². The Kier molecular flexibility index (Phi) is 5.55. The molecule has 0 radical (unpaired) electrons. The monoisotopic (exact) mass is 419 g/mol. The van der Waals surface area contributed by atoms with Gasteiger partial charge in [-0.3, -0.25) is 14.7 Å². The Morgan fingerprint density at radius 1 is 1.19 bits per heavy atom. The van der Waals surface area contributed by atoms with E-state index in [9.17, 15) is 9.59 Å². The molecule has 1 aliphatic rings. The lowest BCUT2D eigenvalue weighted by molar-refractivity contribution is -0.117. The highest BCUT2D eigenvalue weighted by Crippen LogP contribution is 2.41. The highest BCUT2D eigenvalue weighted by atomic mass is 32.2. The summed E-state index contributed by atoms with van der Waals surface area (Å²) >= 11 is 4.48. The summed E-state index contributed by atoms with van der Waals surface area (Å²) in [6, 6.07) is 7.77. The quantitative estimate of drug-likeness (QED) is 0.572. The van der Waals surface area contributed by atoms with Crippen molar-refractivity contribution < 1.29 is 9.59 Å². The summed E-state index contributed by atoms with van der Waals surface area (Å²) in [5, 5.41) is 18.3. The molecule has 0 aromatic carbocycles. The third kappa shape index (κ3) is 4.57. The topological polar surface area (TPSA) is 88.9 Å². The molecular formula is C17H17N5O2S3. The number of rotatable bonds is 7. The van der Waals surface area contributed by atoms with E-state index in [1.54, 1.807) is 22.7 Å². The van der Waals surface area contributed by atoms with Crippen LogP contribution in [0.15, 0.2) is 40.2 Å². The van der Waals surface area contributed by atoms with Gasteiger partial charge in [0.1, 0.15) is 0 Å². The number of urea groups is 1. The van der Waals surface area contributed by atoms with Crippen molar-refractivity contribution in [1.29, 1.82) is 0 Å². The summed E-state index contributed by atoms with van der Waals surface area (Å²) in [5.41, 5.74) is 0. The van der Waals surface area contributed by atoms with Gasteiger partial charge in [0.15, 0.2) is 11.0 Å². The minimum absolute atomic E-state index is 0.113. The van der Waals surface area contributed by atoms with E-state index in [4.69, 9.17) is 0 Å². The fourth-order valence-electron chi connectivity index (χ4n) is 2.53. The number of nitrogens with one attached hydrogen (secondary N) is 2. The van der Waals surface area contributed by atoms with Crippen molar-refractivity contribution in [3.63, 3.8) is 0 Å². The van der Waals surface area contributed by atoms with Crippen molar-refractivity contribution in [3.05, 3.63) is 39.9 Å². The lowest BCUT2D eigenvalue weighted by Crippen LogP contribution is -2.39. The number of thioether (sulfide) groups is 1. The van der Waals surface area contributed by atoms with Crippen LogP contribution in [0.3, 0.4) is 0 Å². The molecule has 2 N–H and O–H groups in total. The predicted molar refractivity (Wildman–Crippen MR) is 107 cm³/mol. The second-order valence-corrected chi connectivity index (χ2v) is 8.91. The Balaban J connectivity index is 1.32. The van der Waals surface area contributed by atoms with Crippen molar-refractivity contribution in [2.75, 3.05) is 5.75 Å². The number of hydrogen-bond donors (Lipinski definition) is 2. The lowest BCUT2D eigenvalue weighted by atomic mass is 10.4. The molecule has 1 saturated carbocycles. The van der Waals surface area contributed by atoms with Gasteiger partial charge in [-0.15, -0.1) is 32.9 Å². The molecule has 3 heterocycles. The molecule has 4 rings (SSSR count). The summed E-state index contributed by atoms with van der Waals surface area (Å²) < 4.78 is 2.11. The SMILES string of the molecule is O=C(CSc1nnc(-c2cccs2)n1C1CC1)NC(=O)NCc1cccs1. The van der Waals surface area contributed by atoms with Crippen molar-refractivity contribution in [2.24, 2.45) is 0 Å². The number of nitrogens with zero attached hydrogens (tertiary/aromatic N) is 3. The predicted octanol–water partition coefficient (Wildman–Crippen LogP) is 3.52. The molecule has 3 amide bonds. The molecule has 0 atom stereocenters. The smallest absolute Gasteiger partial charge is 0.321 e. The lowest BCUT2D eigenvalue weighted by Gasteiger charge is -2.08. The number of imide groups is 1. The number of hydrogen-bond acceptors (Lipinski definition) is 7. The Morgan fingerprint density at radius 2 is 2.00 bits per heavy atom. The van der Waals surface area contributed by atoms with Gasteiger partial charge in [-0.05, 0) is 35.7 Å². The largest absolute Gasteiger partial charge is 0.333 e. The number of thiophene rings is 2. The first-order chi connectivity index (χ1) is 13.2. The van der Waals surface area contributed by atoms with Gasteiger partial charge < -0.3 is 5.32 Å². The van der Waals surface area contributed by atoms with Gasteiger partial charge in [0.2, 0.25) is 5.91 Å². The average Bonchev–Trinajstić information content (AvgIpc) is 3.11. The van der Waals surface area contributed by atoms with Gasteiger partial charge >= 0.3 is 6.03 Å². The first-order valence-corrected chi connectivity index (χ1v) is 11.2. The minimum atomic E-state index is -0.489. The average molecular weight is 420 g/mol. The molecule has 140 valence electrons. The van der Waals surface area contributed by atoms with E-state index in [1.807, 2.05) is 35.0 Å². The molecule has 0 aliphatic heterocycles. The van der Waals surface area contributed by atoms with E-state index in [-0.39, 0.29) is 11.7 Å². The minimum Gasteiger partial charge on any atom is -0.333 e. The van der Waals surface area contributed by atoms with Crippen LogP contribution in [0.4, 0.5) is 4.79 Å². The van der Waals surface area contributed by atoms with E-state index in [0.29, 0.717) is 12.6 Å².